The number of fused-ring (bicyclic) bond motifs is 5. The Balaban J connectivity index is 1.77. The van der Waals surface area contributed by atoms with E-state index in [4.69, 9.17) is 18.7 Å². The third kappa shape index (κ3) is 2.35. The molecule has 1 fully saturated rings. The van der Waals surface area contributed by atoms with Gasteiger partial charge >= 0.3 is 7.12 Å². The van der Waals surface area contributed by atoms with Gasteiger partial charge in [0.15, 0.2) is 5.58 Å². The molecule has 0 saturated carbocycles. The Morgan fingerprint density at radius 1 is 0.815 bits per heavy atom. The number of hydrogen-bond acceptors (Lipinski definition) is 4. The van der Waals surface area contributed by atoms with Crippen LogP contribution in [0.5, 0.6) is 0 Å². The van der Waals surface area contributed by atoms with E-state index >= 15 is 0 Å². The number of hydrogen-bond donors (Lipinski definition) is 0. The molecule has 0 bridgehead atoms. The molecule has 1 aliphatic heterocycles. The second-order valence-corrected chi connectivity index (χ2v) is 8.38. The Morgan fingerprint density at radius 3 is 2.22 bits per heavy atom. The molecule has 136 valence electrons. The SMILES string of the molecule is Cc1ccc2ccc3c4cccc(B5OC(C)(C)C(C)(C)O5)c4oc3c2n1. The molecule has 2 aromatic heterocycles. The zero-order valence-electron chi connectivity index (χ0n) is 16.3. The summed E-state index contributed by atoms with van der Waals surface area (Å²) < 4.78 is 18.9. The summed E-state index contributed by atoms with van der Waals surface area (Å²) in [6.07, 6.45) is 0. The molecule has 0 radical (unpaired) electrons. The maximum Gasteiger partial charge on any atom is 0.498 e. The fourth-order valence-electron chi connectivity index (χ4n) is 3.71. The normalized spacial score (nSPS) is 18.8. The highest BCUT2D eigenvalue weighted by Gasteiger charge is 2.52. The minimum absolute atomic E-state index is 0.392. The zero-order valence-corrected chi connectivity index (χ0v) is 16.3. The van der Waals surface area contributed by atoms with Crippen molar-refractivity contribution in [2.75, 3.05) is 0 Å². The van der Waals surface area contributed by atoms with E-state index in [1.165, 1.54) is 0 Å². The molecule has 0 unspecified atom stereocenters. The van der Waals surface area contributed by atoms with Gasteiger partial charge < -0.3 is 13.7 Å². The first-order valence-electron chi connectivity index (χ1n) is 9.34. The Morgan fingerprint density at radius 2 is 1.48 bits per heavy atom. The molecule has 2 aromatic carbocycles. The maximum absolute atomic E-state index is 6.38. The predicted molar refractivity (Wildman–Crippen MR) is 109 cm³/mol. The van der Waals surface area contributed by atoms with Gasteiger partial charge in [-0.2, -0.15) is 0 Å². The number of nitrogens with zero attached hydrogens (tertiary/aromatic N) is 1. The molecule has 27 heavy (non-hydrogen) atoms. The van der Waals surface area contributed by atoms with Crippen LogP contribution >= 0.6 is 0 Å². The van der Waals surface area contributed by atoms with Gasteiger partial charge in [0.2, 0.25) is 0 Å². The number of pyridine rings is 1. The van der Waals surface area contributed by atoms with E-state index in [1.54, 1.807) is 0 Å². The third-order valence-electron chi connectivity index (χ3n) is 6.00. The molecule has 0 N–H and O–H groups in total. The highest BCUT2D eigenvalue weighted by Crippen LogP contribution is 2.38. The van der Waals surface area contributed by atoms with Crippen LogP contribution in [0.15, 0.2) is 46.9 Å². The van der Waals surface area contributed by atoms with Crippen molar-refractivity contribution in [3.8, 4) is 0 Å². The monoisotopic (exact) mass is 359 g/mol. The van der Waals surface area contributed by atoms with Gasteiger partial charge in [0.1, 0.15) is 11.1 Å². The molecule has 1 saturated heterocycles. The van der Waals surface area contributed by atoms with E-state index in [1.807, 2.05) is 25.1 Å². The van der Waals surface area contributed by atoms with Gasteiger partial charge in [-0.1, -0.05) is 30.3 Å². The average Bonchev–Trinajstić information content (AvgIpc) is 3.09. The van der Waals surface area contributed by atoms with Crippen LogP contribution in [-0.4, -0.2) is 23.3 Å². The molecule has 5 rings (SSSR count). The van der Waals surface area contributed by atoms with Crippen LogP contribution in [0.1, 0.15) is 33.4 Å². The minimum Gasteiger partial charge on any atom is -0.454 e. The van der Waals surface area contributed by atoms with Crippen molar-refractivity contribution in [1.82, 2.24) is 4.98 Å². The number of rotatable bonds is 1. The molecule has 0 atom stereocenters. The van der Waals surface area contributed by atoms with Gasteiger partial charge in [0.25, 0.3) is 0 Å². The van der Waals surface area contributed by atoms with Crippen molar-refractivity contribution in [2.24, 2.45) is 0 Å². The second-order valence-electron chi connectivity index (χ2n) is 8.38. The number of para-hydroxylation sites is 1. The summed E-state index contributed by atoms with van der Waals surface area (Å²) in [6.45, 7) is 10.2. The molecule has 1 aliphatic rings. The van der Waals surface area contributed by atoms with Gasteiger partial charge in [0, 0.05) is 27.3 Å². The number of benzene rings is 2. The number of aryl methyl sites for hydroxylation is 1. The molecule has 4 aromatic rings. The van der Waals surface area contributed by atoms with Crippen molar-refractivity contribution in [3.05, 3.63) is 48.2 Å². The summed E-state index contributed by atoms with van der Waals surface area (Å²) >= 11 is 0. The van der Waals surface area contributed by atoms with E-state index < -0.39 is 18.3 Å². The van der Waals surface area contributed by atoms with Gasteiger partial charge in [-0.25, -0.2) is 4.98 Å². The van der Waals surface area contributed by atoms with Crippen molar-refractivity contribution in [3.63, 3.8) is 0 Å². The van der Waals surface area contributed by atoms with E-state index in [0.29, 0.717) is 0 Å². The highest BCUT2D eigenvalue weighted by molar-refractivity contribution is 6.65. The fraction of sp³-hybridized carbons (Fsp3) is 0.318. The van der Waals surface area contributed by atoms with Crippen LogP contribution < -0.4 is 5.46 Å². The molecule has 0 amide bonds. The van der Waals surface area contributed by atoms with E-state index in [9.17, 15) is 0 Å². The molecule has 4 nitrogen and oxygen atoms in total. The van der Waals surface area contributed by atoms with Gasteiger partial charge in [-0.05, 0) is 46.8 Å². The Hall–Kier alpha value is -2.37. The molecule has 0 aliphatic carbocycles. The zero-order chi connectivity index (χ0) is 19.0. The highest BCUT2D eigenvalue weighted by atomic mass is 16.7. The van der Waals surface area contributed by atoms with Crippen LogP contribution in [0.3, 0.4) is 0 Å². The molecule has 0 spiro atoms. The van der Waals surface area contributed by atoms with Crippen LogP contribution in [0, 0.1) is 6.92 Å². The van der Waals surface area contributed by atoms with Gasteiger partial charge in [0.05, 0.1) is 11.2 Å². The fourth-order valence-corrected chi connectivity index (χ4v) is 3.71. The number of aromatic nitrogens is 1. The van der Waals surface area contributed by atoms with Crippen LogP contribution in [0.2, 0.25) is 0 Å². The summed E-state index contributed by atoms with van der Waals surface area (Å²) in [5.41, 5.74) is 3.62. The van der Waals surface area contributed by atoms with E-state index in [0.717, 1.165) is 44.0 Å². The van der Waals surface area contributed by atoms with E-state index in [2.05, 4.69) is 52.0 Å². The summed E-state index contributed by atoms with van der Waals surface area (Å²) in [5.74, 6) is 0. The van der Waals surface area contributed by atoms with Crippen molar-refractivity contribution >= 4 is 45.4 Å². The standard InChI is InChI=1S/C22H22BNO3/c1-13-9-10-14-11-12-16-15-7-6-8-17(19(15)25-20(16)18(14)24-13)23-26-21(2,3)22(4,5)27-23/h6-12H,1-5H3. The first-order valence-corrected chi connectivity index (χ1v) is 9.34. The summed E-state index contributed by atoms with van der Waals surface area (Å²) in [7, 11) is -0.458. The smallest absolute Gasteiger partial charge is 0.454 e. The molecule has 3 heterocycles. The van der Waals surface area contributed by atoms with Gasteiger partial charge in [-0.3, -0.25) is 0 Å². The maximum atomic E-state index is 6.38. The lowest BCUT2D eigenvalue weighted by Crippen LogP contribution is -2.41. The predicted octanol–water partition coefficient (Wildman–Crippen LogP) is 4.74. The average molecular weight is 359 g/mol. The molecular weight excluding hydrogens is 337 g/mol. The van der Waals surface area contributed by atoms with Crippen molar-refractivity contribution < 1.29 is 13.7 Å². The third-order valence-corrected chi connectivity index (χ3v) is 6.00. The van der Waals surface area contributed by atoms with Crippen molar-refractivity contribution in [1.29, 1.82) is 0 Å². The molecular formula is C22H22BNO3. The largest absolute Gasteiger partial charge is 0.498 e. The van der Waals surface area contributed by atoms with Crippen molar-refractivity contribution in [2.45, 2.75) is 45.8 Å². The van der Waals surface area contributed by atoms with Gasteiger partial charge in [-0.15, -0.1) is 0 Å². The Bertz CT molecular complexity index is 1190. The lowest BCUT2D eigenvalue weighted by Gasteiger charge is -2.32. The number of furan rings is 1. The minimum atomic E-state index is -0.458. The first kappa shape index (κ1) is 16.8. The summed E-state index contributed by atoms with van der Waals surface area (Å²) in [4.78, 5) is 4.72. The van der Waals surface area contributed by atoms with Crippen LogP contribution in [0.4, 0.5) is 0 Å². The first-order chi connectivity index (χ1) is 12.8. The van der Waals surface area contributed by atoms with Crippen LogP contribution in [0.25, 0.3) is 32.8 Å². The Kier molecular flexibility index (Phi) is 3.32. The van der Waals surface area contributed by atoms with Crippen LogP contribution in [-0.2, 0) is 9.31 Å². The topological polar surface area (TPSA) is 44.5 Å². The Labute approximate surface area is 158 Å². The quantitative estimate of drug-likeness (QED) is 0.461. The summed E-state index contributed by atoms with van der Waals surface area (Å²) in [6, 6.07) is 14.4. The molecule has 5 heteroatoms. The lowest BCUT2D eigenvalue weighted by atomic mass is 9.78. The second kappa shape index (κ2) is 5.34. The lowest BCUT2D eigenvalue weighted by molar-refractivity contribution is 0.00578. The van der Waals surface area contributed by atoms with E-state index in [-0.39, 0.29) is 0 Å². The summed E-state index contributed by atoms with van der Waals surface area (Å²) in [5, 5.41) is 3.20.